The van der Waals surface area contributed by atoms with Crippen molar-refractivity contribution in [3.8, 4) is 0 Å². The zero-order chi connectivity index (χ0) is 6.85. The number of benzene rings is 1. The van der Waals surface area contributed by atoms with Crippen molar-refractivity contribution in [3.05, 3.63) is 34.9 Å². The van der Waals surface area contributed by atoms with Crippen LogP contribution in [0.4, 0.5) is 0 Å². The third-order valence-electron chi connectivity index (χ3n) is 1.88. The van der Waals surface area contributed by atoms with Crippen molar-refractivity contribution in [3.63, 3.8) is 0 Å². The second-order valence-electron chi connectivity index (χ2n) is 2.52. The molecule has 0 aliphatic rings. The van der Waals surface area contributed by atoms with Crippen molar-refractivity contribution in [1.29, 1.82) is 0 Å². The van der Waals surface area contributed by atoms with E-state index in [1.165, 1.54) is 16.7 Å². The second-order valence-corrected chi connectivity index (χ2v) is 2.52. The van der Waals surface area contributed by atoms with Gasteiger partial charge in [0.05, 0.1) is 0 Å². The summed E-state index contributed by atoms with van der Waals surface area (Å²) >= 11 is 0. The quantitative estimate of drug-likeness (QED) is 0.545. The van der Waals surface area contributed by atoms with Crippen LogP contribution in [0.3, 0.4) is 0 Å². The van der Waals surface area contributed by atoms with E-state index in [-0.39, 0.29) is 19.5 Å². The molecule has 0 saturated carbocycles. The summed E-state index contributed by atoms with van der Waals surface area (Å²) in [6, 6.07) is 6.38. The fourth-order valence-corrected chi connectivity index (χ4v) is 0.898. The largest absolute Gasteiger partial charge is 0.0617 e. The number of rotatable bonds is 0. The van der Waals surface area contributed by atoms with Gasteiger partial charge in [-0.25, -0.2) is 0 Å². The molecule has 0 saturated heterocycles. The monoisotopic (exact) mass is 184 g/mol. The SMILES string of the molecule is Cc1cccc(C)c1C.[Zn]. The molecule has 10 heavy (non-hydrogen) atoms. The molecule has 0 nitrogen and oxygen atoms in total. The van der Waals surface area contributed by atoms with Gasteiger partial charge >= 0.3 is 0 Å². The maximum atomic E-state index is 2.16. The van der Waals surface area contributed by atoms with E-state index in [1.807, 2.05) is 0 Å². The third kappa shape index (κ3) is 1.92. The Morgan fingerprint density at radius 2 is 1.30 bits per heavy atom. The first-order valence-electron chi connectivity index (χ1n) is 3.24. The molecule has 0 N–H and O–H groups in total. The molecule has 1 heteroatoms. The van der Waals surface area contributed by atoms with Crippen molar-refractivity contribution in [2.45, 2.75) is 20.8 Å². The molecule has 0 unspecified atom stereocenters. The van der Waals surface area contributed by atoms with Crippen molar-refractivity contribution in [2.75, 3.05) is 0 Å². The molecule has 0 heterocycles. The van der Waals surface area contributed by atoms with Gasteiger partial charge in [-0.05, 0) is 37.5 Å². The fraction of sp³-hybridized carbons (Fsp3) is 0.333. The van der Waals surface area contributed by atoms with Crippen LogP contribution in [0.25, 0.3) is 0 Å². The van der Waals surface area contributed by atoms with Gasteiger partial charge in [-0.3, -0.25) is 0 Å². The van der Waals surface area contributed by atoms with Crippen LogP contribution >= 0.6 is 0 Å². The first-order valence-corrected chi connectivity index (χ1v) is 3.24. The summed E-state index contributed by atoms with van der Waals surface area (Å²) in [7, 11) is 0. The Balaban J connectivity index is 0.000000810. The molecule has 0 bridgehead atoms. The summed E-state index contributed by atoms with van der Waals surface area (Å²) in [5, 5.41) is 0. The zero-order valence-corrected chi connectivity index (χ0v) is 9.91. The van der Waals surface area contributed by atoms with Gasteiger partial charge in [0.1, 0.15) is 0 Å². The Hall–Kier alpha value is -0.157. The van der Waals surface area contributed by atoms with Crippen LogP contribution in [0, 0.1) is 20.8 Å². The minimum Gasteiger partial charge on any atom is -0.0617 e. The molecule has 0 spiro atoms. The van der Waals surface area contributed by atoms with E-state index in [4.69, 9.17) is 0 Å². The fourth-order valence-electron chi connectivity index (χ4n) is 0.898. The summed E-state index contributed by atoms with van der Waals surface area (Å²) in [4.78, 5) is 0. The topological polar surface area (TPSA) is 0 Å². The van der Waals surface area contributed by atoms with Crippen LogP contribution in [0.15, 0.2) is 18.2 Å². The Bertz CT molecular complexity index is 196. The van der Waals surface area contributed by atoms with E-state index in [9.17, 15) is 0 Å². The van der Waals surface area contributed by atoms with Crippen LogP contribution in [-0.4, -0.2) is 0 Å². The first kappa shape index (κ1) is 9.84. The number of hydrogen-bond donors (Lipinski definition) is 0. The predicted octanol–water partition coefficient (Wildman–Crippen LogP) is 2.61. The second kappa shape index (κ2) is 3.88. The standard InChI is InChI=1S/C9H12.Zn/c1-7-5-4-6-8(2)9(7)3;/h4-6H,1-3H3;. The summed E-state index contributed by atoms with van der Waals surface area (Å²) in [6.07, 6.45) is 0. The zero-order valence-electron chi connectivity index (χ0n) is 6.94. The maximum Gasteiger partial charge on any atom is 0 e. The first-order chi connectivity index (χ1) is 4.22. The molecule has 0 atom stereocenters. The molecule has 1 rings (SSSR count). The summed E-state index contributed by atoms with van der Waals surface area (Å²) < 4.78 is 0. The van der Waals surface area contributed by atoms with Gasteiger partial charge < -0.3 is 0 Å². The smallest absolute Gasteiger partial charge is 0 e. The predicted molar refractivity (Wildman–Crippen MR) is 40.7 cm³/mol. The van der Waals surface area contributed by atoms with Gasteiger partial charge in [-0.2, -0.15) is 0 Å². The molecular weight excluding hydrogens is 173 g/mol. The molecule has 1 aromatic rings. The van der Waals surface area contributed by atoms with Gasteiger partial charge in [0.15, 0.2) is 0 Å². The van der Waals surface area contributed by atoms with Crippen molar-refractivity contribution in [2.24, 2.45) is 0 Å². The average molecular weight is 186 g/mol. The van der Waals surface area contributed by atoms with Crippen molar-refractivity contribution in [1.82, 2.24) is 0 Å². The average Bonchev–Trinajstić information content (AvgIpc) is 1.83. The summed E-state index contributed by atoms with van der Waals surface area (Å²) in [5.74, 6) is 0. The van der Waals surface area contributed by atoms with Crippen LogP contribution in [0.1, 0.15) is 16.7 Å². The van der Waals surface area contributed by atoms with E-state index in [2.05, 4.69) is 39.0 Å². The van der Waals surface area contributed by atoms with E-state index >= 15 is 0 Å². The van der Waals surface area contributed by atoms with E-state index in [1.54, 1.807) is 0 Å². The Labute approximate surface area is 75.4 Å². The molecular formula is C9H12Zn. The van der Waals surface area contributed by atoms with Crippen LogP contribution in [0.2, 0.25) is 0 Å². The van der Waals surface area contributed by atoms with E-state index in [0.717, 1.165) is 0 Å². The molecule has 0 aromatic heterocycles. The molecule has 0 radical (unpaired) electrons. The Morgan fingerprint density at radius 1 is 0.900 bits per heavy atom. The molecule has 50 valence electrons. The molecule has 1 aromatic carbocycles. The summed E-state index contributed by atoms with van der Waals surface area (Å²) in [6.45, 7) is 6.44. The van der Waals surface area contributed by atoms with Crippen molar-refractivity contribution < 1.29 is 19.5 Å². The van der Waals surface area contributed by atoms with Crippen LogP contribution in [-0.2, 0) is 19.5 Å². The van der Waals surface area contributed by atoms with E-state index in [0.29, 0.717) is 0 Å². The van der Waals surface area contributed by atoms with Crippen LogP contribution < -0.4 is 0 Å². The molecule has 0 fully saturated rings. The normalized spacial score (nSPS) is 8.70. The Kier molecular flexibility index (Phi) is 3.82. The van der Waals surface area contributed by atoms with Gasteiger partial charge in [0.25, 0.3) is 0 Å². The summed E-state index contributed by atoms with van der Waals surface area (Å²) in [5.41, 5.74) is 4.18. The molecule has 0 aliphatic heterocycles. The third-order valence-corrected chi connectivity index (χ3v) is 1.88. The van der Waals surface area contributed by atoms with Crippen molar-refractivity contribution >= 4 is 0 Å². The minimum absolute atomic E-state index is 0. The van der Waals surface area contributed by atoms with Crippen LogP contribution in [0.5, 0.6) is 0 Å². The van der Waals surface area contributed by atoms with Gasteiger partial charge in [-0.1, -0.05) is 18.2 Å². The van der Waals surface area contributed by atoms with E-state index < -0.39 is 0 Å². The number of aryl methyl sites for hydroxylation is 2. The number of hydrogen-bond acceptors (Lipinski definition) is 0. The maximum absolute atomic E-state index is 2.16. The minimum atomic E-state index is 0. The van der Waals surface area contributed by atoms with Gasteiger partial charge in [-0.15, -0.1) is 0 Å². The van der Waals surface area contributed by atoms with Gasteiger partial charge in [0, 0.05) is 19.5 Å². The molecule has 0 amide bonds. The Morgan fingerprint density at radius 3 is 1.60 bits per heavy atom. The molecule has 0 aliphatic carbocycles. The van der Waals surface area contributed by atoms with Gasteiger partial charge in [0.2, 0.25) is 0 Å².